The van der Waals surface area contributed by atoms with Gasteiger partial charge in [-0.3, -0.25) is 4.79 Å². The van der Waals surface area contributed by atoms with Crippen molar-refractivity contribution >= 4 is 5.91 Å². The molecule has 0 radical (unpaired) electrons. The van der Waals surface area contributed by atoms with Crippen LogP contribution in [-0.4, -0.2) is 12.5 Å². The summed E-state index contributed by atoms with van der Waals surface area (Å²) in [5.74, 6) is 3.85. The smallest absolute Gasteiger partial charge is 0.220 e. The van der Waals surface area contributed by atoms with Crippen LogP contribution in [0.15, 0.2) is 0 Å². The predicted molar refractivity (Wildman–Crippen MR) is 82.3 cm³/mol. The molecule has 4 aliphatic rings. The second-order valence-corrected chi connectivity index (χ2v) is 8.08. The molecule has 0 saturated heterocycles. The van der Waals surface area contributed by atoms with Gasteiger partial charge in [-0.1, -0.05) is 26.7 Å². The monoisotopic (exact) mass is 277 g/mol. The van der Waals surface area contributed by atoms with Crippen LogP contribution in [0.25, 0.3) is 0 Å². The molecule has 0 aromatic heterocycles. The van der Waals surface area contributed by atoms with Crippen LogP contribution in [0.1, 0.15) is 71.6 Å². The largest absolute Gasteiger partial charge is 0.356 e. The van der Waals surface area contributed by atoms with Crippen LogP contribution >= 0.6 is 0 Å². The number of carbonyl (C=O) groups is 1. The molecule has 20 heavy (non-hydrogen) atoms. The van der Waals surface area contributed by atoms with E-state index in [0.717, 1.165) is 30.7 Å². The maximum atomic E-state index is 12.4. The Hall–Kier alpha value is -0.530. The lowest BCUT2D eigenvalue weighted by Crippen LogP contribution is -2.48. The van der Waals surface area contributed by atoms with Crippen LogP contribution in [0, 0.1) is 29.1 Å². The quantitative estimate of drug-likeness (QED) is 0.776. The number of amides is 1. The molecule has 4 bridgehead atoms. The molecule has 4 saturated carbocycles. The molecule has 2 nitrogen and oxygen atoms in total. The van der Waals surface area contributed by atoms with Gasteiger partial charge in [0.25, 0.3) is 0 Å². The highest BCUT2D eigenvalue weighted by molar-refractivity contribution is 5.76. The Balaban J connectivity index is 1.53. The molecule has 4 aliphatic carbocycles. The Morgan fingerprint density at radius 1 is 1.05 bits per heavy atom. The molecule has 0 aromatic carbocycles. The fraction of sp³-hybridized carbons (Fsp3) is 0.944. The molecule has 0 aliphatic heterocycles. The van der Waals surface area contributed by atoms with Crippen LogP contribution in [0.4, 0.5) is 0 Å². The highest BCUT2D eigenvalue weighted by Crippen LogP contribution is 2.61. The van der Waals surface area contributed by atoms with E-state index in [1.165, 1.54) is 51.4 Å². The van der Waals surface area contributed by atoms with Gasteiger partial charge in [0.15, 0.2) is 0 Å². The number of carbonyl (C=O) groups excluding carboxylic acids is 1. The molecule has 1 amide bonds. The van der Waals surface area contributed by atoms with Gasteiger partial charge in [0.1, 0.15) is 0 Å². The molecule has 2 heteroatoms. The van der Waals surface area contributed by atoms with Crippen molar-refractivity contribution in [1.29, 1.82) is 0 Å². The number of nitrogens with one attached hydrogen (secondary N) is 1. The summed E-state index contributed by atoms with van der Waals surface area (Å²) in [6, 6.07) is 0. The van der Waals surface area contributed by atoms with Gasteiger partial charge in [0.2, 0.25) is 5.91 Å². The minimum absolute atomic E-state index is 0.332. The van der Waals surface area contributed by atoms with E-state index in [9.17, 15) is 4.79 Å². The zero-order valence-electron chi connectivity index (χ0n) is 13.3. The van der Waals surface area contributed by atoms with Crippen molar-refractivity contribution in [2.75, 3.05) is 6.54 Å². The second kappa shape index (κ2) is 5.69. The van der Waals surface area contributed by atoms with E-state index in [0.29, 0.717) is 17.2 Å². The molecular weight excluding hydrogens is 246 g/mol. The Kier molecular flexibility index (Phi) is 4.10. The van der Waals surface area contributed by atoms with Gasteiger partial charge in [0, 0.05) is 13.0 Å². The van der Waals surface area contributed by atoms with E-state index in [2.05, 4.69) is 19.2 Å². The molecule has 114 valence electrons. The second-order valence-electron chi connectivity index (χ2n) is 8.08. The summed E-state index contributed by atoms with van der Waals surface area (Å²) in [4.78, 5) is 12.4. The Bertz CT molecular complexity index is 323. The topological polar surface area (TPSA) is 29.1 Å². The zero-order valence-corrected chi connectivity index (χ0v) is 13.3. The van der Waals surface area contributed by atoms with Crippen molar-refractivity contribution in [3.05, 3.63) is 0 Å². The summed E-state index contributed by atoms with van der Waals surface area (Å²) in [7, 11) is 0. The summed E-state index contributed by atoms with van der Waals surface area (Å²) in [6.45, 7) is 5.33. The molecule has 4 rings (SSSR count). The SMILES string of the molecule is CCC(CC)CNC(=O)CC12CC3CC(CC(C3)C1)C2. The van der Waals surface area contributed by atoms with Crippen molar-refractivity contribution in [3.63, 3.8) is 0 Å². The summed E-state index contributed by atoms with van der Waals surface area (Å²) >= 11 is 0. The summed E-state index contributed by atoms with van der Waals surface area (Å²) in [5, 5.41) is 3.22. The fourth-order valence-electron chi connectivity index (χ4n) is 5.75. The van der Waals surface area contributed by atoms with Crippen molar-refractivity contribution in [2.45, 2.75) is 71.6 Å². The number of hydrogen-bond acceptors (Lipinski definition) is 1. The van der Waals surface area contributed by atoms with Gasteiger partial charge >= 0.3 is 0 Å². The minimum atomic E-state index is 0.332. The predicted octanol–water partition coefficient (Wildman–Crippen LogP) is 4.15. The van der Waals surface area contributed by atoms with Crippen LogP contribution in [0.2, 0.25) is 0 Å². The molecule has 0 aromatic rings. The third-order valence-corrected chi connectivity index (χ3v) is 6.44. The molecule has 1 N–H and O–H groups in total. The summed E-state index contributed by atoms with van der Waals surface area (Å²) < 4.78 is 0. The number of rotatable bonds is 6. The van der Waals surface area contributed by atoms with Crippen LogP contribution in [0.5, 0.6) is 0 Å². The van der Waals surface area contributed by atoms with E-state index in [4.69, 9.17) is 0 Å². The molecule has 0 atom stereocenters. The normalized spacial score (nSPS) is 38.5. The Labute approximate surface area is 124 Å². The van der Waals surface area contributed by atoms with E-state index < -0.39 is 0 Å². The third kappa shape index (κ3) is 2.89. The molecule has 0 unspecified atom stereocenters. The minimum Gasteiger partial charge on any atom is -0.356 e. The first kappa shape index (κ1) is 14.4. The Morgan fingerprint density at radius 2 is 1.55 bits per heavy atom. The van der Waals surface area contributed by atoms with E-state index in [1.807, 2.05) is 0 Å². The number of hydrogen-bond donors (Lipinski definition) is 1. The van der Waals surface area contributed by atoms with Gasteiger partial charge in [-0.25, -0.2) is 0 Å². The first-order valence-electron chi connectivity index (χ1n) is 8.89. The van der Waals surface area contributed by atoms with Crippen LogP contribution < -0.4 is 5.32 Å². The highest BCUT2D eigenvalue weighted by Gasteiger charge is 2.51. The first-order valence-corrected chi connectivity index (χ1v) is 8.89. The average Bonchev–Trinajstić information content (AvgIpc) is 2.37. The van der Waals surface area contributed by atoms with Crippen LogP contribution in [0.3, 0.4) is 0 Å². The molecule has 4 fully saturated rings. The van der Waals surface area contributed by atoms with Crippen molar-refractivity contribution < 1.29 is 4.79 Å². The zero-order chi connectivity index (χ0) is 14.2. The maximum absolute atomic E-state index is 12.4. The third-order valence-electron chi connectivity index (χ3n) is 6.44. The highest BCUT2D eigenvalue weighted by atomic mass is 16.1. The lowest BCUT2D eigenvalue weighted by atomic mass is 9.49. The van der Waals surface area contributed by atoms with Gasteiger partial charge < -0.3 is 5.32 Å². The molecular formula is C18H31NO. The Morgan fingerprint density at radius 3 is 2.00 bits per heavy atom. The van der Waals surface area contributed by atoms with Crippen molar-refractivity contribution in [1.82, 2.24) is 5.32 Å². The average molecular weight is 277 g/mol. The summed E-state index contributed by atoms with van der Waals surface area (Å²) in [6.07, 6.45) is 11.6. The van der Waals surface area contributed by atoms with Gasteiger partial charge in [-0.05, 0) is 67.6 Å². The lowest BCUT2D eigenvalue weighted by Gasteiger charge is -2.56. The van der Waals surface area contributed by atoms with E-state index in [-0.39, 0.29) is 0 Å². The van der Waals surface area contributed by atoms with Crippen molar-refractivity contribution in [2.24, 2.45) is 29.1 Å². The van der Waals surface area contributed by atoms with E-state index in [1.54, 1.807) is 0 Å². The molecule has 0 heterocycles. The van der Waals surface area contributed by atoms with Crippen LogP contribution in [-0.2, 0) is 4.79 Å². The standard InChI is InChI=1S/C18H31NO/c1-3-13(4-2)12-19-17(20)11-18-8-14-5-15(9-18)7-16(6-14)10-18/h13-16H,3-12H2,1-2H3,(H,19,20). The van der Waals surface area contributed by atoms with Gasteiger partial charge in [0.05, 0.1) is 0 Å². The fourth-order valence-corrected chi connectivity index (χ4v) is 5.75. The first-order chi connectivity index (χ1) is 9.62. The van der Waals surface area contributed by atoms with Gasteiger partial charge in [-0.2, -0.15) is 0 Å². The summed E-state index contributed by atoms with van der Waals surface area (Å²) in [5.41, 5.74) is 0.396. The van der Waals surface area contributed by atoms with E-state index >= 15 is 0 Å². The maximum Gasteiger partial charge on any atom is 0.220 e. The van der Waals surface area contributed by atoms with Gasteiger partial charge in [-0.15, -0.1) is 0 Å². The van der Waals surface area contributed by atoms with Crippen molar-refractivity contribution in [3.8, 4) is 0 Å². The molecule has 0 spiro atoms. The lowest BCUT2D eigenvalue weighted by molar-refractivity contribution is -0.129.